The number of likely N-dealkylation sites (tertiary alicyclic amines) is 2. The van der Waals surface area contributed by atoms with Gasteiger partial charge in [-0.2, -0.15) is 21.6 Å². The Hall–Kier alpha value is -2.05. The molecule has 1 aliphatic carbocycles. The zero-order chi connectivity index (χ0) is 29.0. The Morgan fingerprint density at radius 3 is 2.31 bits per heavy atom. The number of rotatable bonds is 5. The number of amides is 1. The predicted octanol–water partition coefficient (Wildman–Crippen LogP) is 4.73. The van der Waals surface area contributed by atoms with E-state index >= 15 is 0 Å². The van der Waals surface area contributed by atoms with Gasteiger partial charge in [-0.1, -0.05) is 6.07 Å². The van der Waals surface area contributed by atoms with Crippen molar-refractivity contribution in [2.24, 2.45) is 5.92 Å². The summed E-state index contributed by atoms with van der Waals surface area (Å²) < 4.78 is 72.8. The normalized spacial score (nSPS) is 28.9. The average Bonchev–Trinajstić information content (AvgIpc) is 3.63. The SMILES string of the molecule is Cc1ccc(OS(=O)(=O)C(F)(F)F)cc1C12CCN(C(=O)OC(C)(C)C)CCC1(O)C(C)N(CC1CC1)CC2. The molecule has 1 amide bonds. The van der Waals surface area contributed by atoms with Gasteiger partial charge in [0.1, 0.15) is 11.4 Å². The minimum atomic E-state index is -5.87. The fraction of sp³-hybridized carbons (Fsp3) is 0.741. The van der Waals surface area contributed by atoms with Crippen molar-refractivity contribution in [1.29, 1.82) is 0 Å². The fourth-order valence-corrected chi connectivity index (χ4v) is 6.67. The van der Waals surface area contributed by atoms with Crippen LogP contribution in [0.5, 0.6) is 5.75 Å². The number of benzene rings is 1. The number of carbonyl (C=O) groups excluding carboxylic acids is 1. The lowest BCUT2D eigenvalue weighted by molar-refractivity contribution is -0.136. The molecule has 3 unspecified atom stereocenters. The molecular formula is C27H39F3N2O6S. The van der Waals surface area contributed by atoms with E-state index < -0.39 is 44.1 Å². The molecule has 0 radical (unpaired) electrons. The van der Waals surface area contributed by atoms with Gasteiger partial charge < -0.3 is 18.9 Å². The predicted molar refractivity (Wildman–Crippen MR) is 139 cm³/mol. The molecular weight excluding hydrogens is 537 g/mol. The Labute approximate surface area is 228 Å². The van der Waals surface area contributed by atoms with Crippen molar-refractivity contribution in [2.45, 2.75) is 94.9 Å². The van der Waals surface area contributed by atoms with Gasteiger partial charge in [0.05, 0.1) is 5.60 Å². The van der Waals surface area contributed by atoms with Crippen LogP contribution in [0.15, 0.2) is 18.2 Å². The number of hydrogen-bond donors (Lipinski definition) is 1. The van der Waals surface area contributed by atoms with Gasteiger partial charge in [-0.15, -0.1) is 0 Å². The van der Waals surface area contributed by atoms with E-state index in [1.54, 1.807) is 32.6 Å². The van der Waals surface area contributed by atoms with E-state index in [-0.39, 0.29) is 25.6 Å². The van der Waals surface area contributed by atoms with Crippen molar-refractivity contribution in [2.75, 3.05) is 26.2 Å². The largest absolute Gasteiger partial charge is 0.534 e. The molecule has 3 fully saturated rings. The van der Waals surface area contributed by atoms with Gasteiger partial charge in [0.2, 0.25) is 0 Å². The first-order valence-corrected chi connectivity index (χ1v) is 14.9. The summed E-state index contributed by atoms with van der Waals surface area (Å²) in [5.41, 5.74) is -7.37. The fourth-order valence-electron chi connectivity index (χ4n) is 6.21. The molecule has 1 N–H and O–H groups in total. The topological polar surface area (TPSA) is 96.4 Å². The van der Waals surface area contributed by atoms with Gasteiger partial charge in [0, 0.05) is 31.1 Å². The number of halogens is 3. The minimum absolute atomic E-state index is 0.222. The summed E-state index contributed by atoms with van der Waals surface area (Å²) in [5.74, 6) is 0.115. The quantitative estimate of drug-likeness (QED) is 0.400. The van der Waals surface area contributed by atoms with Gasteiger partial charge in [0.15, 0.2) is 0 Å². The molecule has 3 aliphatic rings. The second-order valence-corrected chi connectivity index (χ2v) is 13.8. The number of aliphatic hydroxyl groups is 1. The van der Waals surface area contributed by atoms with Crippen LogP contribution in [-0.4, -0.2) is 78.3 Å². The zero-order valence-corrected chi connectivity index (χ0v) is 24.0. The summed E-state index contributed by atoms with van der Waals surface area (Å²) in [7, 11) is -5.87. The number of nitrogens with zero attached hydrogens (tertiary/aromatic N) is 2. The van der Waals surface area contributed by atoms with Crippen LogP contribution in [0.1, 0.15) is 70.9 Å². The molecule has 1 aromatic rings. The maximum absolute atomic E-state index is 13.1. The van der Waals surface area contributed by atoms with E-state index in [1.165, 1.54) is 18.2 Å². The molecule has 4 rings (SSSR count). The van der Waals surface area contributed by atoms with Crippen molar-refractivity contribution < 1.29 is 40.4 Å². The van der Waals surface area contributed by atoms with E-state index in [4.69, 9.17) is 4.74 Å². The maximum atomic E-state index is 13.1. The van der Waals surface area contributed by atoms with Crippen molar-refractivity contribution in [3.05, 3.63) is 29.3 Å². The van der Waals surface area contributed by atoms with Crippen LogP contribution in [0, 0.1) is 12.8 Å². The first-order chi connectivity index (χ1) is 17.9. The second kappa shape index (κ2) is 10.1. The third-order valence-corrected chi connectivity index (χ3v) is 9.50. The molecule has 0 bridgehead atoms. The van der Waals surface area contributed by atoms with Crippen LogP contribution >= 0.6 is 0 Å². The first kappa shape index (κ1) is 29.9. The molecule has 220 valence electrons. The first-order valence-electron chi connectivity index (χ1n) is 13.4. The number of piperidine rings is 1. The summed E-state index contributed by atoms with van der Waals surface area (Å²) in [5, 5.41) is 12.6. The van der Waals surface area contributed by atoms with E-state index in [0.717, 1.165) is 19.4 Å². The zero-order valence-electron chi connectivity index (χ0n) is 23.2. The molecule has 0 aromatic heterocycles. The highest BCUT2D eigenvalue weighted by Crippen LogP contribution is 2.53. The monoisotopic (exact) mass is 576 g/mol. The Bertz CT molecular complexity index is 1200. The molecule has 1 saturated carbocycles. The third kappa shape index (κ3) is 5.88. The van der Waals surface area contributed by atoms with Crippen molar-refractivity contribution >= 4 is 16.2 Å². The number of carbonyl (C=O) groups is 1. The van der Waals surface area contributed by atoms with Gasteiger partial charge >= 0.3 is 21.7 Å². The van der Waals surface area contributed by atoms with E-state index in [1.807, 2.05) is 6.92 Å². The van der Waals surface area contributed by atoms with E-state index in [9.17, 15) is 31.5 Å². The number of aryl methyl sites for hydroxylation is 1. The van der Waals surface area contributed by atoms with Crippen LogP contribution < -0.4 is 4.18 Å². The molecule has 2 heterocycles. The molecule has 2 aliphatic heterocycles. The van der Waals surface area contributed by atoms with Crippen LogP contribution in [0.2, 0.25) is 0 Å². The second-order valence-electron chi connectivity index (χ2n) is 12.3. The standard InChI is InChI=1S/C27H39F3N2O6S/c1-18-6-9-21(38-39(35,36)27(28,29)30)16-22(18)25-10-13-31(23(33)37-24(3,4)5)15-12-26(25,34)19(2)32(14-11-25)17-20-7-8-20/h6,9,16,19-20,34H,7-8,10-15,17H2,1-5H3. The third-order valence-electron chi connectivity index (χ3n) is 8.52. The maximum Gasteiger partial charge on any atom is 0.534 e. The lowest BCUT2D eigenvalue weighted by Crippen LogP contribution is -2.68. The van der Waals surface area contributed by atoms with Crippen molar-refractivity contribution in [3.63, 3.8) is 0 Å². The summed E-state index contributed by atoms with van der Waals surface area (Å²) >= 11 is 0. The number of fused-ring (bicyclic) bond motifs is 1. The van der Waals surface area contributed by atoms with Crippen molar-refractivity contribution in [3.8, 4) is 5.75 Å². The Morgan fingerprint density at radius 2 is 1.72 bits per heavy atom. The van der Waals surface area contributed by atoms with Gasteiger partial charge in [-0.3, -0.25) is 4.90 Å². The molecule has 8 nitrogen and oxygen atoms in total. The molecule has 1 aromatic carbocycles. The number of alkyl halides is 3. The summed E-state index contributed by atoms with van der Waals surface area (Å²) in [6.07, 6.45) is 2.82. The highest BCUT2D eigenvalue weighted by atomic mass is 32.2. The van der Waals surface area contributed by atoms with Crippen LogP contribution in [0.4, 0.5) is 18.0 Å². The van der Waals surface area contributed by atoms with Gasteiger partial charge in [-0.05, 0) is 102 Å². The van der Waals surface area contributed by atoms with Crippen molar-refractivity contribution in [1.82, 2.24) is 9.80 Å². The summed E-state index contributed by atoms with van der Waals surface area (Å²) in [6, 6.07) is 3.71. The lowest BCUT2D eigenvalue weighted by atomic mass is 9.57. The van der Waals surface area contributed by atoms with Gasteiger partial charge in [0.25, 0.3) is 0 Å². The Morgan fingerprint density at radius 1 is 1.10 bits per heavy atom. The molecule has 12 heteroatoms. The van der Waals surface area contributed by atoms with Crippen LogP contribution in [0.25, 0.3) is 0 Å². The van der Waals surface area contributed by atoms with Crippen LogP contribution in [-0.2, 0) is 20.3 Å². The lowest BCUT2D eigenvalue weighted by Gasteiger charge is -2.57. The highest BCUT2D eigenvalue weighted by Gasteiger charge is 2.60. The van der Waals surface area contributed by atoms with E-state index in [2.05, 4.69) is 9.08 Å². The molecule has 0 spiro atoms. The molecule has 2 saturated heterocycles. The van der Waals surface area contributed by atoms with Crippen LogP contribution in [0.3, 0.4) is 0 Å². The van der Waals surface area contributed by atoms with Gasteiger partial charge in [-0.25, -0.2) is 4.79 Å². The highest BCUT2D eigenvalue weighted by molar-refractivity contribution is 7.88. The summed E-state index contributed by atoms with van der Waals surface area (Å²) in [4.78, 5) is 16.8. The minimum Gasteiger partial charge on any atom is -0.444 e. The number of ether oxygens (including phenoxy) is 1. The Balaban J connectivity index is 1.76. The molecule has 39 heavy (non-hydrogen) atoms. The average molecular weight is 577 g/mol. The van der Waals surface area contributed by atoms with E-state index in [0.29, 0.717) is 36.4 Å². The molecule has 3 atom stereocenters. The smallest absolute Gasteiger partial charge is 0.444 e. The summed E-state index contributed by atoms with van der Waals surface area (Å²) in [6.45, 7) is 11.1. The number of hydrogen-bond acceptors (Lipinski definition) is 7. The Kier molecular flexibility index (Phi) is 7.75.